The van der Waals surface area contributed by atoms with Gasteiger partial charge in [0, 0.05) is 0 Å². The Morgan fingerprint density at radius 2 is 0.710 bits per heavy atom. The van der Waals surface area contributed by atoms with E-state index in [1.807, 2.05) is 0 Å². The lowest BCUT2D eigenvalue weighted by Gasteiger charge is -2.69. The van der Waals surface area contributed by atoms with Crippen LogP contribution in [0, 0.1) is 69.5 Å². The largest absolute Gasteiger partial charge is 0.150 e. The molecular formula is C30H51B. The van der Waals surface area contributed by atoms with Crippen LogP contribution in [-0.4, -0.2) is 6.71 Å². The standard InChI is InChI=1S/C30H51B/c1-16-22-10-19(28(22,4)5)13-25(16)31(26-14-20-11-23(17(26)2)29(20,6)7)27-15-21-12-24(18(27)3)30(21,8)9/h16-27H,10-15H2,1-9H3/t16-,17-,18-,19+,20+,21+,22-,23-,24-,25-,26-,27-/m0/s1. The summed E-state index contributed by atoms with van der Waals surface area (Å²) >= 11 is 0. The van der Waals surface area contributed by atoms with Crippen molar-refractivity contribution < 1.29 is 0 Å². The first-order chi connectivity index (χ1) is 14.4. The quantitative estimate of drug-likeness (QED) is 0.399. The minimum Gasteiger partial charge on any atom is -0.0626 e. The van der Waals surface area contributed by atoms with Crippen LogP contribution in [0.25, 0.3) is 0 Å². The lowest BCUT2D eigenvalue weighted by atomic mass is 9.15. The van der Waals surface area contributed by atoms with Crippen molar-refractivity contribution in [3.8, 4) is 0 Å². The third-order valence-electron chi connectivity index (χ3n) is 14.7. The molecule has 9 rings (SSSR count). The molecule has 9 fully saturated rings. The van der Waals surface area contributed by atoms with Gasteiger partial charge in [0.2, 0.25) is 0 Å². The first-order valence-electron chi connectivity index (χ1n) is 14.4. The minimum absolute atomic E-state index is 0.630. The van der Waals surface area contributed by atoms with E-state index in [9.17, 15) is 0 Å². The monoisotopic (exact) mass is 422 g/mol. The Hall–Kier alpha value is 0.0649. The third kappa shape index (κ3) is 2.57. The van der Waals surface area contributed by atoms with E-state index in [4.69, 9.17) is 0 Å². The molecule has 9 saturated carbocycles. The topological polar surface area (TPSA) is 0 Å². The summed E-state index contributed by atoms with van der Waals surface area (Å²) in [4.78, 5) is 0. The summed E-state index contributed by atoms with van der Waals surface area (Å²) < 4.78 is 0. The number of hydrogen-bond donors (Lipinski definition) is 0. The summed E-state index contributed by atoms with van der Waals surface area (Å²) in [6.45, 7) is 24.8. The smallest absolute Gasteiger partial charge is 0.0626 e. The van der Waals surface area contributed by atoms with E-state index < -0.39 is 0 Å². The lowest BCUT2D eigenvalue weighted by molar-refractivity contribution is -0.115. The SMILES string of the molecule is C[C@@H]1[C@@H](B([C@H]2C[C@H]3C[C@@H]([C@@H]2C)C3(C)C)[C@H]2C[C@H]3C[C@@H]([C@@H]2C)C3(C)C)C[C@H]2C[C@@H]1C2(C)C. The van der Waals surface area contributed by atoms with Crippen LogP contribution in [0.1, 0.15) is 101 Å². The van der Waals surface area contributed by atoms with Gasteiger partial charge in [0.1, 0.15) is 6.71 Å². The Labute approximate surface area is 194 Å². The molecule has 6 bridgehead atoms. The van der Waals surface area contributed by atoms with Gasteiger partial charge < -0.3 is 0 Å². The van der Waals surface area contributed by atoms with Crippen molar-refractivity contribution in [1.29, 1.82) is 0 Å². The van der Waals surface area contributed by atoms with Crippen molar-refractivity contribution in [2.75, 3.05) is 0 Å². The summed E-state index contributed by atoms with van der Waals surface area (Å²) in [5, 5.41) is 0. The fraction of sp³-hybridized carbons (Fsp3) is 1.00. The minimum atomic E-state index is 0.630. The van der Waals surface area contributed by atoms with Crippen LogP contribution >= 0.6 is 0 Å². The molecule has 31 heavy (non-hydrogen) atoms. The third-order valence-corrected chi connectivity index (χ3v) is 14.7. The number of fused-ring (bicyclic) bond motifs is 6. The molecule has 9 aliphatic carbocycles. The maximum atomic E-state index is 2.70. The Balaban J connectivity index is 1.33. The maximum absolute atomic E-state index is 2.70. The molecule has 0 aromatic rings. The Bertz CT molecular complexity index is 648. The number of hydrogen-bond acceptors (Lipinski definition) is 0. The summed E-state index contributed by atoms with van der Waals surface area (Å²) in [6, 6.07) is 0. The lowest BCUT2D eigenvalue weighted by Crippen LogP contribution is -2.63. The van der Waals surface area contributed by atoms with Crippen molar-refractivity contribution in [2.24, 2.45) is 69.5 Å². The normalized spacial score (nSPS) is 57.2. The highest BCUT2D eigenvalue weighted by Gasteiger charge is 2.66. The molecule has 9 aliphatic rings. The average Bonchev–Trinajstić information content (AvgIpc) is 2.69. The fourth-order valence-corrected chi connectivity index (χ4v) is 12.0. The molecule has 174 valence electrons. The molecule has 0 nitrogen and oxygen atoms in total. The fourth-order valence-electron chi connectivity index (χ4n) is 12.0. The van der Waals surface area contributed by atoms with Crippen molar-refractivity contribution in [3.05, 3.63) is 0 Å². The highest BCUT2D eigenvalue weighted by molar-refractivity contribution is 6.64. The highest BCUT2D eigenvalue weighted by atomic mass is 14.6. The van der Waals surface area contributed by atoms with Gasteiger partial charge in [0.15, 0.2) is 0 Å². The van der Waals surface area contributed by atoms with Crippen molar-refractivity contribution in [2.45, 2.75) is 118 Å². The van der Waals surface area contributed by atoms with Crippen LogP contribution < -0.4 is 0 Å². The summed E-state index contributed by atoms with van der Waals surface area (Å²) in [7, 11) is 0. The van der Waals surface area contributed by atoms with Crippen molar-refractivity contribution >= 4 is 6.71 Å². The predicted molar refractivity (Wildman–Crippen MR) is 134 cm³/mol. The first-order valence-corrected chi connectivity index (χ1v) is 14.4. The molecule has 0 unspecified atom stereocenters. The first kappa shape index (κ1) is 21.6. The molecule has 1 heteroatoms. The van der Waals surface area contributed by atoms with Crippen LogP contribution in [-0.2, 0) is 0 Å². The molecule has 0 aromatic heterocycles. The van der Waals surface area contributed by atoms with E-state index in [1.165, 1.54) is 0 Å². The van der Waals surface area contributed by atoms with Crippen molar-refractivity contribution in [3.63, 3.8) is 0 Å². The molecule has 0 radical (unpaired) electrons. The zero-order valence-electron chi connectivity index (χ0n) is 22.2. The van der Waals surface area contributed by atoms with Crippen LogP contribution in [0.3, 0.4) is 0 Å². The molecule has 0 amide bonds. The van der Waals surface area contributed by atoms with Gasteiger partial charge in [-0.1, -0.05) is 99.0 Å². The van der Waals surface area contributed by atoms with Gasteiger partial charge in [0.05, 0.1) is 0 Å². The van der Waals surface area contributed by atoms with Gasteiger partial charge in [-0.2, -0.15) is 0 Å². The molecule has 0 spiro atoms. The van der Waals surface area contributed by atoms with Crippen LogP contribution in [0.5, 0.6) is 0 Å². The van der Waals surface area contributed by atoms with E-state index in [0.717, 1.165) is 77.4 Å². The van der Waals surface area contributed by atoms with Crippen LogP contribution in [0.15, 0.2) is 0 Å². The Kier molecular flexibility index (Phi) is 4.45. The van der Waals surface area contributed by atoms with E-state index in [0.29, 0.717) is 16.2 Å². The maximum Gasteiger partial charge on any atom is 0.150 e. The summed E-state index contributed by atoms with van der Waals surface area (Å²) in [5.74, 6) is 12.1. The van der Waals surface area contributed by atoms with E-state index in [-0.39, 0.29) is 0 Å². The predicted octanol–water partition coefficient (Wildman–Crippen LogP) is 8.70. The van der Waals surface area contributed by atoms with Crippen LogP contribution in [0.2, 0.25) is 17.5 Å². The summed E-state index contributed by atoms with van der Waals surface area (Å²) in [5.41, 5.74) is 1.89. The molecule has 0 aliphatic heterocycles. The zero-order valence-corrected chi connectivity index (χ0v) is 22.2. The second kappa shape index (κ2) is 6.39. The molecular weight excluding hydrogens is 371 g/mol. The second-order valence-corrected chi connectivity index (χ2v) is 15.9. The van der Waals surface area contributed by atoms with E-state index in [2.05, 4.69) is 62.3 Å². The highest BCUT2D eigenvalue weighted by Crippen LogP contribution is 2.73. The second-order valence-electron chi connectivity index (χ2n) is 15.9. The van der Waals surface area contributed by atoms with Gasteiger partial charge in [-0.05, 0) is 88.8 Å². The van der Waals surface area contributed by atoms with Gasteiger partial charge in [-0.3, -0.25) is 0 Å². The van der Waals surface area contributed by atoms with E-state index in [1.54, 1.807) is 38.5 Å². The molecule has 0 heterocycles. The average molecular weight is 423 g/mol. The molecule has 12 atom stereocenters. The van der Waals surface area contributed by atoms with Gasteiger partial charge in [-0.15, -0.1) is 0 Å². The number of rotatable bonds is 3. The molecule has 0 saturated heterocycles. The zero-order chi connectivity index (χ0) is 22.2. The molecule has 0 N–H and O–H groups in total. The Morgan fingerprint density at radius 3 is 0.903 bits per heavy atom. The summed E-state index contributed by atoms with van der Waals surface area (Å²) in [6.07, 6.45) is 9.36. The van der Waals surface area contributed by atoms with Crippen molar-refractivity contribution in [1.82, 2.24) is 0 Å². The van der Waals surface area contributed by atoms with Gasteiger partial charge in [0.25, 0.3) is 0 Å². The van der Waals surface area contributed by atoms with Crippen LogP contribution in [0.4, 0.5) is 0 Å². The van der Waals surface area contributed by atoms with Gasteiger partial charge >= 0.3 is 0 Å². The molecule has 0 aromatic carbocycles. The Morgan fingerprint density at radius 1 is 0.452 bits per heavy atom. The van der Waals surface area contributed by atoms with Gasteiger partial charge in [-0.25, -0.2) is 0 Å². The van der Waals surface area contributed by atoms with E-state index >= 15 is 0 Å².